The fraction of sp³-hybridized carbons (Fsp3) is 1.00. The summed E-state index contributed by atoms with van der Waals surface area (Å²) in [5.74, 6) is 0. The number of thioether (sulfide) groups is 1. The molecule has 1 atom stereocenters. The number of piperidine rings is 1. The van der Waals surface area contributed by atoms with E-state index in [9.17, 15) is 0 Å². The summed E-state index contributed by atoms with van der Waals surface area (Å²) in [4.78, 5) is 2.66. The molecule has 2 heterocycles. The van der Waals surface area contributed by atoms with Gasteiger partial charge >= 0.3 is 0 Å². The van der Waals surface area contributed by atoms with Gasteiger partial charge in [-0.2, -0.15) is 11.8 Å². The minimum absolute atomic E-state index is 0.236. The van der Waals surface area contributed by atoms with E-state index in [0.29, 0.717) is 0 Å². The van der Waals surface area contributed by atoms with Crippen LogP contribution in [0.5, 0.6) is 0 Å². The third-order valence-electron chi connectivity index (χ3n) is 4.47. The minimum Gasteiger partial charge on any atom is -0.381 e. The molecule has 0 bridgehead atoms. The smallest absolute Gasteiger partial charge is 0.0484 e. The number of ether oxygens (including phenoxy) is 1. The number of hydrogen-bond donors (Lipinski definition) is 1. The Morgan fingerprint density at radius 1 is 1.29 bits per heavy atom. The van der Waals surface area contributed by atoms with Gasteiger partial charge < -0.3 is 10.5 Å². The molecule has 2 rings (SSSR count). The SMILES string of the molecule is CSC1CCN(C2(CN)CCCOCC2)CC1. The predicted octanol–water partition coefficient (Wildman–Crippen LogP) is 1.71. The van der Waals surface area contributed by atoms with Crippen LogP contribution in [0.25, 0.3) is 0 Å². The van der Waals surface area contributed by atoms with E-state index < -0.39 is 0 Å². The first-order chi connectivity index (χ1) is 8.30. The Labute approximate surface area is 109 Å². The molecule has 2 N–H and O–H groups in total. The van der Waals surface area contributed by atoms with Gasteiger partial charge in [-0.3, -0.25) is 4.90 Å². The molecule has 0 amide bonds. The predicted molar refractivity (Wildman–Crippen MR) is 74.6 cm³/mol. The second kappa shape index (κ2) is 6.41. The summed E-state index contributed by atoms with van der Waals surface area (Å²) in [5.41, 5.74) is 6.34. The molecule has 0 saturated carbocycles. The summed E-state index contributed by atoms with van der Waals surface area (Å²) in [7, 11) is 0. The number of likely N-dealkylation sites (tertiary alicyclic amines) is 1. The van der Waals surface area contributed by atoms with Crippen LogP contribution < -0.4 is 5.73 Å². The van der Waals surface area contributed by atoms with Gasteiger partial charge in [-0.1, -0.05) is 0 Å². The van der Waals surface area contributed by atoms with Crippen LogP contribution in [0.1, 0.15) is 32.1 Å². The average Bonchev–Trinajstić information content (AvgIpc) is 2.65. The second-order valence-electron chi connectivity index (χ2n) is 5.32. The van der Waals surface area contributed by atoms with Gasteiger partial charge in [0.25, 0.3) is 0 Å². The average molecular weight is 258 g/mol. The molecule has 2 aliphatic rings. The molecular formula is C13H26N2OS. The van der Waals surface area contributed by atoms with Crippen molar-refractivity contribution in [3.8, 4) is 0 Å². The number of rotatable bonds is 3. The molecule has 0 aromatic rings. The Morgan fingerprint density at radius 2 is 2.06 bits per heavy atom. The molecule has 2 fully saturated rings. The minimum atomic E-state index is 0.236. The molecule has 2 aliphatic heterocycles. The van der Waals surface area contributed by atoms with Crippen molar-refractivity contribution in [1.29, 1.82) is 0 Å². The summed E-state index contributed by atoms with van der Waals surface area (Å²) in [6.07, 6.45) is 8.38. The lowest BCUT2D eigenvalue weighted by Crippen LogP contribution is -2.56. The molecule has 0 radical (unpaired) electrons. The number of nitrogens with two attached hydrogens (primary N) is 1. The third kappa shape index (κ3) is 3.16. The highest BCUT2D eigenvalue weighted by Crippen LogP contribution is 2.32. The van der Waals surface area contributed by atoms with Crippen LogP contribution in [0, 0.1) is 0 Å². The van der Waals surface area contributed by atoms with E-state index in [1.807, 2.05) is 11.8 Å². The van der Waals surface area contributed by atoms with Gasteiger partial charge in [0.1, 0.15) is 0 Å². The quantitative estimate of drug-likeness (QED) is 0.836. The standard InChI is InChI=1S/C13H26N2OS/c1-17-12-3-7-15(8-4-12)13(11-14)5-2-9-16-10-6-13/h12H,2-11,14H2,1H3. The first-order valence-electron chi connectivity index (χ1n) is 6.86. The van der Waals surface area contributed by atoms with Gasteiger partial charge in [0.05, 0.1) is 0 Å². The zero-order valence-electron chi connectivity index (χ0n) is 11.0. The van der Waals surface area contributed by atoms with E-state index in [0.717, 1.165) is 31.4 Å². The van der Waals surface area contributed by atoms with Crippen molar-refractivity contribution in [3.05, 3.63) is 0 Å². The Hall–Kier alpha value is 0.230. The summed E-state index contributed by atoms with van der Waals surface area (Å²) < 4.78 is 5.60. The molecule has 17 heavy (non-hydrogen) atoms. The molecule has 0 aliphatic carbocycles. The summed E-state index contributed by atoms with van der Waals surface area (Å²) in [6, 6.07) is 0. The molecule has 0 spiro atoms. The van der Waals surface area contributed by atoms with Gasteiger partial charge in [0, 0.05) is 30.5 Å². The lowest BCUT2D eigenvalue weighted by molar-refractivity contribution is 0.0523. The molecule has 3 nitrogen and oxygen atoms in total. The zero-order valence-corrected chi connectivity index (χ0v) is 11.8. The van der Waals surface area contributed by atoms with Crippen molar-refractivity contribution >= 4 is 11.8 Å². The molecule has 100 valence electrons. The van der Waals surface area contributed by atoms with Crippen LogP contribution in [0.2, 0.25) is 0 Å². The van der Waals surface area contributed by atoms with Crippen molar-refractivity contribution in [2.24, 2.45) is 5.73 Å². The van der Waals surface area contributed by atoms with E-state index in [1.54, 1.807) is 0 Å². The molecule has 0 aromatic heterocycles. The molecule has 0 aromatic carbocycles. The molecule has 2 saturated heterocycles. The normalized spacial score (nSPS) is 33.5. The maximum absolute atomic E-state index is 6.10. The first-order valence-corrected chi connectivity index (χ1v) is 8.15. The van der Waals surface area contributed by atoms with E-state index in [1.165, 1.54) is 38.8 Å². The molecule has 1 unspecified atom stereocenters. The van der Waals surface area contributed by atoms with Gasteiger partial charge in [-0.15, -0.1) is 0 Å². The highest BCUT2D eigenvalue weighted by molar-refractivity contribution is 7.99. The Bertz CT molecular complexity index is 221. The topological polar surface area (TPSA) is 38.5 Å². The van der Waals surface area contributed by atoms with Gasteiger partial charge in [-0.25, -0.2) is 0 Å². The van der Waals surface area contributed by atoms with Crippen LogP contribution >= 0.6 is 11.8 Å². The largest absolute Gasteiger partial charge is 0.381 e. The monoisotopic (exact) mass is 258 g/mol. The Balaban J connectivity index is 1.97. The van der Waals surface area contributed by atoms with Crippen molar-refractivity contribution in [2.75, 3.05) is 39.1 Å². The van der Waals surface area contributed by atoms with E-state index in [4.69, 9.17) is 10.5 Å². The summed E-state index contributed by atoms with van der Waals surface area (Å²) in [6.45, 7) is 5.05. The maximum atomic E-state index is 6.10. The summed E-state index contributed by atoms with van der Waals surface area (Å²) >= 11 is 2.02. The first kappa shape index (κ1) is 13.7. The van der Waals surface area contributed by atoms with Crippen LogP contribution in [-0.2, 0) is 4.74 Å². The second-order valence-corrected chi connectivity index (χ2v) is 6.45. The lowest BCUT2D eigenvalue weighted by atomic mass is 9.86. The van der Waals surface area contributed by atoms with E-state index >= 15 is 0 Å². The highest BCUT2D eigenvalue weighted by atomic mass is 32.2. The van der Waals surface area contributed by atoms with Crippen molar-refractivity contribution in [3.63, 3.8) is 0 Å². The van der Waals surface area contributed by atoms with Crippen LogP contribution in [0.4, 0.5) is 0 Å². The summed E-state index contributed by atoms with van der Waals surface area (Å²) in [5, 5.41) is 0.864. The third-order valence-corrected chi connectivity index (χ3v) is 5.61. The molecule has 4 heteroatoms. The number of nitrogens with zero attached hydrogens (tertiary/aromatic N) is 1. The number of hydrogen-bond acceptors (Lipinski definition) is 4. The van der Waals surface area contributed by atoms with E-state index in [-0.39, 0.29) is 5.54 Å². The lowest BCUT2D eigenvalue weighted by Gasteiger charge is -2.46. The maximum Gasteiger partial charge on any atom is 0.0484 e. The van der Waals surface area contributed by atoms with Crippen LogP contribution in [-0.4, -0.2) is 54.8 Å². The van der Waals surface area contributed by atoms with E-state index in [2.05, 4.69) is 11.2 Å². The zero-order chi connectivity index (χ0) is 12.1. The van der Waals surface area contributed by atoms with Crippen LogP contribution in [0.3, 0.4) is 0 Å². The van der Waals surface area contributed by atoms with Gasteiger partial charge in [0.2, 0.25) is 0 Å². The van der Waals surface area contributed by atoms with Crippen molar-refractivity contribution in [2.45, 2.75) is 42.9 Å². The van der Waals surface area contributed by atoms with Gasteiger partial charge in [0.15, 0.2) is 0 Å². The van der Waals surface area contributed by atoms with Gasteiger partial charge in [-0.05, 0) is 51.4 Å². The van der Waals surface area contributed by atoms with Crippen molar-refractivity contribution < 1.29 is 4.74 Å². The molecular weight excluding hydrogens is 232 g/mol. The Morgan fingerprint density at radius 3 is 2.71 bits per heavy atom. The fourth-order valence-electron chi connectivity index (χ4n) is 3.21. The fourth-order valence-corrected chi connectivity index (χ4v) is 3.89. The highest BCUT2D eigenvalue weighted by Gasteiger charge is 2.37. The van der Waals surface area contributed by atoms with Crippen LogP contribution in [0.15, 0.2) is 0 Å². The van der Waals surface area contributed by atoms with Crippen molar-refractivity contribution in [1.82, 2.24) is 4.90 Å². The Kier molecular flexibility index (Phi) is 5.15.